The third-order valence-electron chi connectivity index (χ3n) is 4.14. The first-order valence-corrected chi connectivity index (χ1v) is 9.35. The van der Waals surface area contributed by atoms with E-state index in [2.05, 4.69) is 48.2 Å². The first kappa shape index (κ1) is 25.6. The van der Waals surface area contributed by atoms with Gasteiger partial charge in [0.2, 0.25) is 0 Å². The van der Waals surface area contributed by atoms with Gasteiger partial charge >= 0.3 is 0 Å². The second-order valence-corrected chi connectivity index (χ2v) is 6.82. The predicted molar refractivity (Wildman–Crippen MR) is 121 cm³/mol. The van der Waals surface area contributed by atoms with Gasteiger partial charge in [0.1, 0.15) is 5.82 Å². The molecule has 0 fully saturated rings. The molecule has 1 rings (SSSR count). The van der Waals surface area contributed by atoms with Crippen LogP contribution in [0.3, 0.4) is 0 Å². The highest BCUT2D eigenvalue weighted by molar-refractivity contribution is 14.0. The minimum Gasteiger partial charge on any atom is -0.357 e. The van der Waals surface area contributed by atoms with Gasteiger partial charge < -0.3 is 10.6 Å². The molecule has 0 atom stereocenters. The van der Waals surface area contributed by atoms with E-state index in [1.807, 2.05) is 13.0 Å². The zero-order chi connectivity index (χ0) is 19.5. The molecule has 0 aliphatic heterocycles. The predicted octanol–water partition coefficient (Wildman–Crippen LogP) is 3.88. The molecule has 0 aliphatic rings. The lowest BCUT2D eigenvalue weighted by Gasteiger charge is -2.30. The second-order valence-electron chi connectivity index (χ2n) is 6.82. The first-order valence-electron chi connectivity index (χ1n) is 9.35. The van der Waals surface area contributed by atoms with Gasteiger partial charge in [0.05, 0.1) is 18.2 Å². The van der Waals surface area contributed by atoms with Gasteiger partial charge in [-0.1, -0.05) is 0 Å². The molecule has 2 N–H and O–H groups in total. The van der Waals surface area contributed by atoms with Crippen molar-refractivity contribution in [2.75, 3.05) is 19.6 Å². The fourth-order valence-corrected chi connectivity index (χ4v) is 2.85. The number of aliphatic imine (C=N–C) groups is 1. The Labute approximate surface area is 180 Å². The van der Waals surface area contributed by atoms with Crippen molar-refractivity contribution in [3.05, 3.63) is 35.1 Å². The van der Waals surface area contributed by atoms with Crippen LogP contribution in [0.5, 0.6) is 0 Å². The summed E-state index contributed by atoms with van der Waals surface area (Å²) in [6, 6.07) is 7.40. The third kappa shape index (κ3) is 9.38. The molecule has 152 valence electrons. The van der Waals surface area contributed by atoms with E-state index >= 15 is 0 Å². The van der Waals surface area contributed by atoms with E-state index in [9.17, 15) is 4.39 Å². The van der Waals surface area contributed by atoms with E-state index in [0.29, 0.717) is 29.2 Å². The van der Waals surface area contributed by atoms with Crippen LogP contribution in [0.2, 0.25) is 0 Å². The number of hydrogen-bond donors (Lipinski definition) is 2. The zero-order valence-electron chi connectivity index (χ0n) is 17.1. The van der Waals surface area contributed by atoms with Crippen LogP contribution >= 0.6 is 24.0 Å². The largest absolute Gasteiger partial charge is 0.357 e. The number of rotatable bonds is 9. The van der Waals surface area contributed by atoms with Gasteiger partial charge in [0, 0.05) is 37.3 Å². The third-order valence-corrected chi connectivity index (χ3v) is 4.14. The Morgan fingerprint density at radius 2 is 1.89 bits per heavy atom. The number of hydrogen-bond acceptors (Lipinski definition) is 3. The first-order chi connectivity index (χ1) is 12.4. The Balaban J connectivity index is 0.00000676. The maximum Gasteiger partial charge on any atom is 0.191 e. The summed E-state index contributed by atoms with van der Waals surface area (Å²) < 4.78 is 13.9. The summed E-state index contributed by atoms with van der Waals surface area (Å²) in [6.07, 6.45) is 0.999. The molecule has 0 radical (unpaired) electrons. The second kappa shape index (κ2) is 13.7. The van der Waals surface area contributed by atoms with E-state index < -0.39 is 0 Å². The molecule has 0 aromatic heterocycles. The van der Waals surface area contributed by atoms with Crippen molar-refractivity contribution < 1.29 is 4.39 Å². The molecule has 7 heteroatoms. The van der Waals surface area contributed by atoms with Crippen LogP contribution in [0.25, 0.3) is 0 Å². The van der Waals surface area contributed by atoms with Crippen LogP contribution < -0.4 is 10.6 Å². The Bertz CT molecular complexity index is 617. The SMILES string of the molecule is CCNC(=NCc1cc(C#N)ccc1F)NCCCN(C(C)C)C(C)C.I. The quantitative estimate of drug-likeness (QED) is 0.239. The van der Waals surface area contributed by atoms with E-state index in [-0.39, 0.29) is 36.3 Å². The molecular weight excluding hydrogens is 456 g/mol. The molecular formula is C20H33FIN5. The molecule has 0 saturated carbocycles. The summed E-state index contributed by atoms with van der Waals surface area (Å²) in [5, 5.41) is 15.4. The van der Waals surface area contributed by atoms with Crippen molar-refractivity contribution >= 4 is 29.9 Å². The molecule has 27 heavy (non-hydrogen) atoms. The summed E-state index contributed by atoms with van der Waals surface area (Å²) in [6.45, 7) is 13.6. The Hall–Kier alpha value is -1.40. The topological polar surface area (TPSA) is 63.5 Å². The summed E-state index contributed by atoms with van der Waals surface area (Å²) in [5.74, 6) is 0.322. The standard InChI is InChI=1S/C20H32FN5.HI/c1-6-23-20(24-10-7-11-26(15(2)3)16(4)5)25-14-18-12-17(13-22)8-9-19(18)21;/h8-9,12,15-16H,6-7,10-11,14H2,1-5H3,(H2,23,24,25);1H. The molecule has 0 saturated heterocycles. The lowest BCUT2D eigenvalue weighted by atomic mass is 10.1. The minimum atomic E-state index is -0.340. The van der Waals surface area contributed by atoms with E-state index in [1.54, 1.807) is 6.07 Å². The van der Waals surface area contributed by atoms with Gasteiger partial charge in [-0.05, 0) is 59.2 Å². The molecule has 0 unspecified atom stereocenters. The summed E-state index contributed by atoms with van der Waals surface area (Å²) in [4.78, 5) is 6.89. The molecule has 1 aromatic carbocycles. The summed E-state index contributed by atoms with van der Waals surface area (Å²) >= 11 is 0. The maximum atomic E-state index is 13.9. The smallest absolute Gasteiger partial charge is 0.191 e. The van der Waals surface area contributed by atoms with Gasteiger partial charge in [-0.3, -0.25) is 4.90 Å². The molecule has 0 spiro atoms. The highest BCUT2D eigenvalue weighted by atomic mass is 127. The van der Waals surface area contributed by atoms with Crippen molar-refractivity contribution in [3.63, 3.8) is 0 Å². The lowest BCUT2D eigenvalue weighted by Crippen LogP contribution is -2.41. The zero-order valence-corrected chi connectivity index (χ0v) is 19.4. The van der Waals surface area contributed by atoms with Crippen LogP contribution in [0, 0.1) is 17.1 Å². The molecule has 0 amide bonds. The Morgan fingerprint density at radius 3 is 2.44 bits per heavy atom. The highest BCUT2D eigenvalue weighted by Gasteiger charge is 2.12. The van der Waals surface area contributed by atoms with Gasteiger partial charge in [0.15, 0.2) is 5.96 Å². The van der Waals surface area contributed by atoms with E-state index in [1.165, 1.54) is 12.1 Å². The average Bonchev–Trinajstić information content (AvgIpc) is 2.59. The Kier molecular flexibility index (Phi) is 13.0. The van der Waals surface area contributed by atoms with E-state index in [0.717, 1.165) is 26.1 Å². The van der Waals surface area contributed by atoms with Crippen molar-refractivity contribution in [2.24, 2.45) is 4.99 Å². The van der Waals surface area contributed by atoms with Gasteiger partial charge in [-0.2, -0.15) is 5.26 Å². The van der Waals surface area contributed by atoms with Crippen molar-refractivity contribution in [1.82, 2.24) is 15.5 Å². The fraction of sp³-hybridized carbons (Fsp3) is 0.600. The average molecular weight is 489 g/mol. The molecule has 0 bridgehead atoms. The molecule has 0 aliphatic carbocycles. The van der Waals surface area contributed by atoms with Gasteiger partial charge in [-0.25, -0.2) is 9.38 Å². The van der Waals surface area contributed by atoms with Crippen LogP contribution in [-0.2, 0) is 6.54 Å². The number of nitriles is 1. The number of benzene rings is 1. The minimum absolute atomic E-state index is 0. The van der Waals surface area contributed by atoms with Crippen LogP contribution in [0.4, 0.5) is 4.39 Å². The molecule has 5 nitrogen and oxygen atoms in total. The number of halogens is 2. The fourth-order valence-electron chi connectivity index (χ4n) is 2.85. The van der Waals surface area contributed by atoms with Crippen LogP contribution in [0.15, 0.2) is 23.2 Å². The number of guanidine groups is 1. The summed E-state index contributed by atoms with van der Waals surface area (Å²) in [7, 11) is 0. The van der Waals surface area contributed by atoms with Crippen molar-refractivity contribution in [2.45, 2.75) is 59.7 Å². The monoisotopic (exact) mass is 489 g/mol. The summed E-state index contributed by atoms with van der Waals surface area (Å²) in [5.41, 5.74) is 0.865. The highest BCUT2D eigenvalue weighted by Crippen LogP contribution is 2.11. The van der Waals surface area contributed by atoms with Gasteiger partial charge in [0.25, 0.3) is 0 Å². The van der Waals surface area contributed by atoms with Crippen molar-refractivity contribution in [3.8, 4) is 6.07 Å². The van der Waals surface area contributed by atoms with Gasteiger partial charge in [-0.15, -0.1) is 24.0 Å². The molecule has 1 aromatic rings. The molecule has 0 heterocycles. The Morgan fingerprint density at radius 1 is 1.22 bits per heavy atom. The number of nitrogens with zero attached hydrogens (tertiary/aromatic N) is 3. The van der Waals surface area contributed by atoms with Crippen LogP contribution in [-0.4, -0.2) is 42.6 Å². The number of nitrogens with one attached hydrogen (secondary N) is 2. The lowest BCUT2D eigenvalue weighted by molar-refractivity contribution is 0.173. The van der Waals surface area contributed by atoms with E-state index in [4.69, 9.17) is 5.26 Å². The van der Waals surface area contributed by atoms with Crippen LogP contribution in [0.1, 0.15) is 52.2 Å². The normalized spacial score (nSPS) is 11.5. The maximum absolute atomic E-state index is 13.9. The van der Waals surface area contributed by atoms with Crippen molar-refractivity contribution in [1.29, 1.82) is 5.26 Å².